The molecule has 0 amide bonds. The zero-order chi connectivity index (χ0) is 23.9. The second kappa shape index (κ2) is 14.1. The van der Waals surface area contributed by atoms with Gasteiger partial charge in [-0.2, -0.15) is 0 Å². The smallest absolute Gasteiger partial charge is 1.00 e. The van der Waals surface area contributed by atoms with E-state index >= 15 is 0 Å². The molecule has 7 nitrogen and oxygen atoms in total. The van der Waals surface area contributed by atoms with E-state index in [2.05, 4.69) is 85.7 Å². The van der Waals surface area contributed by atoms with Crippen LogP contribution in [0.5, 0.6) is 0 Å². The number of aromatic nitrogens is 5. The summed E-state index contributed by atoms with van der Waals surface area (Å²) in [5, 5.41) is 0. The molecule has 2 saturated heterocycles. The summed E-state index contributed by atoms with van der Waals surface area (Å²) in [5.74, 6) is 1.85. The number of pyridine rings is 1. The van der Waals surface area contributed by atoms with Gasteiger partial charge in [0.2, 0.25) is 0 Å². The van der Waals surface area contributed by atoms with Crippen LogP contribution in [0.25, 0.3) is 45.1 Å². The average Bonchev–Trinajstić information content (AvgIpc) is 3.73. The molecule has 2 aliphatic rings. The van der Waals surface area contributed by atoms with E-state index in [0.29, 0.717) is 0 Å². The first-order chi connectivity index (χ1) is 17.8. The fraction of sp³-hybridized carbons (Fsp3) is 0.345. The number of halogens is 3. The van der Waals surface area contributed by atoms with Crippen molar-refractivity contribution in [2.24, 2.45) is 0 Å². The molecular weight excluding hydrogens is 612 g/mol. The van der Waals surface area contributed by atoms with Crippen molar-refractivity contribution in [1.82, 2.24) is 33.9 Å². The topological polar surface area (TPSA) is 55.0 Å². The fourth-order valence-corrected chi connectivity index (χ4v) is 5.76. The summed E-state index contributed by atoms with van der Waals surface area (Å²) in [4.78, 5) is 20.3. The van der Waals surface area contributed by atoms with Crippen molar-refractivity contribution in [3.63, 3.8) is 0 Å². The number of benzene rings is 2. The van der Waals surface area contributed by atoms with Crippen LogP contribution in [0.2, 0.25) is 0 Å². The Balaban J connectivity index is 0.00000110. The van der Waals surface area contributed by atoms with Gasteiger partial charge in [-0.3, -0.25) is 9.80 Å². The van der Waals surface area contributed by atoms with Crippen LogP contribution >= 0.6 is 0 Å². The largest absolute Gasteiger partial charge is 3.00 e. The maximum Gasteiger partial charge on any atom is 3.00 e. The molecule has 2 aromatic carbocycles. The number of fused-ring (bicyclic) bond motifs is 2. The van der Waals surface area contributed by atoms with Gasteiger partial charge in [-0.15, -0.1) is 0 Å². The van der Waals surface area contributed by atoms with E-state index in [1.54, 1.807) is 0 Å². The molecule has 0 N–H and O–H groups in total. The van der Waals surface area contributed by atoms with Gasteiger partial charge in [-0.05, 0) is 88.3 Å². The van der Waals surface area contributed by atoms with Gasteiger partial charge in [-0.1, -0.05) is 30.3 Å². The van der Waals surface area contributed by atoms with Crippen molar-refractivity contribution in [2.75, 3.05) is 26.2 Å². The predicted molar refractivity (Wildman–Crippen MR) is 143 cm³/mol. The minimum atomic E-state index is 0. The normalized spacial score (nSPS) is 15.4. The van der Waals surface area contributed by atoms with E-state index in [0.717, 1.165) is 84.6 Å². The van der Waals surface area contributed by atoms with Gasteiger partial charge in [0.1, 0.15) is 11.4 Å². The molecule has 0 atom stereocenters. The maximum absolute atomic E-state index is 5.17. The molecular formula is C29H31Cl3CoN7. The zero-order valence-electron chi connectivity index (χ0n) is 22.0. The van der Waals surface area contributed by atoms with E-state index in [-0.39, 0.29) is 54.0 Å². The standard InChI is InChI=1S/C29H31N7.3ClH.Co/c1-3-14-26-22(10-1)31-28(35(26)20-33-16-5-6-17-33)24-12-9-13-25(30-24)29-32-23-11-2-4-15-27(23)36(29)21-34-18-7-8-19-34;;;;/h1-4,9-15H,5-8,16-21H2;3*1H;/q;;;;+3/p-3. The summed E-state index contributed by atoms with van der Waals surface area (Å²) in [7, 11) is 0. The number of imidazole rings is 2. The van der Waals surface area contributed by atoms with Gasteiger partial charge in [-0.25, -0.2) is 15.0 Å². The third kappa shape index (κ3) is 6.18. The number of hydrogen-bond donors (Lipinski definition) is 0. The molecule has 0 aliphatic carbocycles. The molecule has 5 aromatic rings. The van der Waals surface area contributed by atoms with Crippen LogP contribution in [-0.4, -0.2) is 60.1 Å². The first-order valence-corrected chi connectivity index (χ1v) is 13.2. The molecule has 7 rings (SSSR count). The number of rotatable bonds is 6. The first-order valence-electron chi connectivity index (χ1n) is 13.2. The van der Waals surface area contributed by atoms with Crippen molar-refractivity contribution in [3.8, 4) is 23.0 Å². The molecule has 0 unspecified atom stereocenters. The first kappa shape index (κ1) is 32.3. The quantitative estimate of drug-likeness (QED) is 0.191. The number of para-hydroxylation sites is 4. The Morgan fingerprint density at radius 3 is 1.32 bits per heavy atom. The minimum Gasteiger partial charge on any atom is -1.00 e. The van der Waals surface area contributed by atoms with Crippen LogP contribution in [0.15, 0.2) is 66.7 Å². The molecule has 2 aliphatic heterocycles. The molecule has 0 radical (unpaired) electrons. The van der Waals surface area contributed by atoms with Crippen LogP contribution in [0.3, 0.4) is 0 Å². The summed E-state index contributed by atoms with van der Waals surface area (Å²) >= 11 is 0. The maximum atomic E-state index is 5.17. The van der Waals surface area contributed by atoms with E-state index in [1.165, 1.54) is 25.7 Å². The molecule has 0 bridgehead atoms. The number of hydrogen-bond acceptors (Lipinski definition) is 5. The summed E-state index contributed by atoms with van der Waals surface area (Å²) in [6, 6.07) is 23.1. The molecule has 11 heteroatoms. The predicted octanol–water partition coefficient (Wildman–Crippen LogP) is -3.77. The second-order valence-electron chi connectivity index (χ2n) is 10.0. The van der Waals surface area contributed by atoms with E-state index in [1.807, 2.05) is 0 Å². The Bertz CT molecular complexity index is 1430. The Morgan fingerprint density at radius 1 is 0.500 bits per heavy atom. The van der Waals surface area contributed by atoms with Gasteiger partial charge in [0.15, 0.2) is 11.6 Å². The molecule has 5 heterocycles. The third-order valence-corrected chi connectivity index (χ3v) is 7.60. The van der Waals surface area contributed by atoms with Crippen LogP contribution in [0, 0.1) is 0 Å². The Kier molecular flexibility index (Phi) is 11.4. The van der Waals surface area contributed by atoms with E-state index in [9.17, 15) is 0 Å². The van der Waals surface area contributed by atoms with Gasteiger partial charge in [0.25, 0.3) is 0 Å². The second-order valence-corrected chi connectivity index (χ2v) is 10.0. The Labute approximate surface area is 263 Å². The van der Waals surface area contributed by atoms with Crippen molar-refractivity contribution >= 4 is 22.1 Å². The van der Waals surface area contributed by atoms with Crippen molar-refractivity contribution < 1.29 is 54.0 Å². The molecule has 0 saturated carbocycles. The fourth-order valence-electron chi connectivity index (χ4n) is 5.76. The molecule has 0 spiro atoms. The summed E-state index contributed by atoms with van der Waals surface area (Å²) in [6.07, 6.45) is 5.07. The van der Waals surface area contributed by atoms with Crippen molar-refractivity contribution in [2.45, 2.75) is 39.0 Å². The van der Waals surface area contributed by atoms with Gasteiger partial charge in [0, 0.05) is 0 Å². The van der Waals surface area contributed by atoms with Crippen molar-refractivity contribution in [1.29, 1.82) is 0 Å². The van der Waals surface area contributed by atoms with Gasteiger partial charge in [0.05, 0.1) is 35.4 Å². The van der Waals surface area contributed by atoms with Crippen molar-refractivity contribution in [3.05, 3.63) is 66.7 Å². The van der Waals surface area contributed by atoms with Crippen LogP contribution in [-0.2, 0) is 30.1 Å². The zero-order valence-corrected chi connectivity index (χ0v) is 25.3. The summed E-state index contributed by atoms with van der Waals surface area (Å²) in [6.45, 7) is 6.24. The van der Waals surface area contributed by atoms with E-state index < -0.39 is 0 Å². The molecule has 212 valence electrons. The number of likely N-dealkylation sites (tertiary alicyclic amines) is 2. The average molecular weight is 643 g/mol. The molecule has 2 fully saturated rings. The minimum absolute atomic E-state index is 0. The Morgan fingerprint density at radius 2 is 0.900 bits per heavy atom. The number of nitrogens with zero attached hydrogens (tertiary/aromatic N) is 7. The SMILES string of the molecule is [Cl-].[Cl-].[Cl-].[Co+3].c1cc(-c2nc3ccccc3n2CN2CCCC2)nc(-c2nc3ccccc3n2CN2CCCC2)c1. The van der Waals surface area contributed by atoms with E-state index in [4.69, 9.17) is 15.0 Å². The molecule has 3 aromatic heterocycles. The Hall–Kier alpha value is -2.17. The van der Waals surface area contributed by atoms with Gasteiger partial charge < -0.3 is 46.4 Å². The van der Waals surface area contributed by atoms with Crippen LogP contribution in [0.1, 0.15) is 25.7 Å². The van der Waals surface area contributed by atoms with Gasteiger partial charge >= 0.3 is 16.8 Å². The summed E-state index contributed by atoms with van der Waals surface area (Å²) < 4.78 is 4.67. The molecule has 40 heavy (non-hydrogen) atoms. The van der Waals surface area contributed by atoms with Crippen LogP contribution < -0.4 is 37.2 Å². The third-order valence-electron chi connectivity index (χ3n) is 7.60. The monoisotopic (exact) mass is 641 g/mol. The summed E-state index contributed by atoms with van der Waals surface area (Å²) in [5.41, 5.74) is 6.13. The van der Waals surface area contributed by atoms with Crippen LogP contribution in [0.4, 0.5) is 0 Å².